The summed E-state index contributed by atoms with van der Waals surface area (Å²) in [6, 6.07) is 7.46. The molecule has 0 amide bonds. The summed E-state index contributed by atoms with van der Waals surface area (Å²) in [4.78, 5) is 4.19. The zero-order valence-electron chi connectivity index (χ0n) is 9.56. The van der Waals surface area contributed by atoms with E-state index in [4.69, 9.17) is 14.7 Å². The summed E-state index contributed by atoms with van der Waals surface area (Å²) >= 11 is 0. The molecule has 0 unspecified atom stereocenters. The van der Waals surface area contributed by atoms with Gasteiger partial charge in [0.05, 0.1) is 25.0 Å². The molecule has 1 spiro atoms. The van der Waals surface area contributed by atoms with Crippen LogP contribution in [0.15, 0.2) is 18.2 Å². The van der Waals surface area contributed by atoms with Crippen molar-refractivity contribution in [3.8, 4) is 6.07 Å². The van der Waals surface area contributed by atoms with E-state index in [0.29, 0.717) is 23.8 Å². The summed E-state index contributed by atoms with van der Waals surface area (Å²) in [5.41, 5.74) is 1.57. The molecule has 0 bridgehead atoms. The summed E-state index contributed by atoms with van der Waals surface area (Å²) in [7, 11) is 0. The first-order chi connectivity index (χ1) is 8.32. The van der Waals surface area contributed by atoms with E-state index in [1.165, 1.54) is 0 Å². The average Bonchev–Trinajstić information content (AvgIpc) is 2.81. The molecule has 1 aromatic heterocycles. The van der Waals surface area contributed by atoms with Gasteiger partial charge in [0, 0.05) is 12.0 Å². The van der Waals surface area contributed by atoms with Gasteiger partial charge in [-0.3, -0.25) is 0 Å². The molecule has 2 aliphatic rings. The molecule has 0 radical (unpaired) electrons. The minimum Gasteiger partial charge on any atom is -0.381 e. The van der Waals surface area contributed by atoms with Crippen LogP contribution in [0.25, 0.3) is 0 Å². The van der Waals surface area contributed by atoms with E-state index in [1.807, 2.05) is 18.2 Å². The molecule has 4 nitrogen and oxygen atoms in total. The maximum Gasteiger partial charge on any atom is 0.140 e. The van der Waals surface area contributed by atoms with E-state index in [9.17, 15) is 0 Å². The monoisotopic (exact) mass is 230 g/mol. The SMILES string of the molecule is N#Cc1cccc(CO[C@@H]2C[C@]23CCOC3)n1. The van der Waals surface area contributed by atoms with Gasteiger partial charge in [-0.25, -0.2) is 4.98 Å². The molecular formula is C13H14N2O2. The Balaban J connectivity index is 1.56. The van der Waals surface area contributed by atoms with Crippen molar-refractivity contribution in [1.29, 1.82) is 5.26 Å². The van der Waals surface area contributed by atoms with Crippen LogP contribution in [-0.4, -0.2) is 24.3 Å². The highest BCUT2D eigenvalue weighted by molar-refractivity contribution is 5.21. The molecule has 2 fully saturated rings. The minimum absolute atomic E-state index is 0.298. The number of hydrogen-bond donors (Lipinski definition) is 0. The standard InChI is InChI=1S/C13H14N2O2/c14-7-10-2-1-3-11(15-10)8-17-12-6-13(12)4-5-16-9-13/h1-3,12H,4-6,8-9H2/t12-,13+/m1/s1. The molecule has 1 aliphatic carbocycles. The second kappa shape index (κ2) is 4.10. The zero-order valence-corrected chi connectivity index (χ0v) is 9.56. The van der Waals surface area contributed by atoms with Gasteiger partial charge in [0.1, 0.15) is 11.8 Å². The topological polar surface area (TPSA) is 55.1 Å². The van der Waals surface area contributed by atoms with Gasteiger partial charge in [-0.1, -0.05) is 6.07 Å². The van der Waals surface area contributed by atoms with Gasteiger partial charge in [0.25, 0.3) is 0 Å². The number of pyridine rings is 1. The van der Waals surface area contributed by atoms with Crippen molar-refractivity contribution in [3.63, 3.8) is 0 Å². The van der Waals surface area contributed by atoms with E-state index in [1.54, 1.807) is 6.07 Å². The summed E-state index contributed by atoms with van der Waals surface area (Å²) in [5, 5.41) is 8.75. The van der Waals surface area contributed by atoms with Crippen molar-refractivity contribution in [3.05, 3.63) is 29.6 Å². The molecule has 2 atom stereocenters. The van der Waals surface area contributed by atoms with Crippen molar-refractivity contribution >= 4 is 0 Å². The van der Waals surface area contributed by atoms with Gasteiger partial charge in [-0.2, -0.15) is 5.26 Å². The number of hydrogen-bond acceptors (Lipinski definition) is 4. The Morgan fingerprint density at radius 3 is 3.29 bits per heavy atom. The Morgan fingerprint density at radius 2 is 2.53 bits per heavy atom. The van der Waals surface area contributed by atoms with Crippen LogP contribution in [0, 0.1) is 16.7 Å². The lowest BCUT2D eigenvalue weighted by atomic mass is 10.1. The Bertz CT molecular complexity index is 461. The lowest BCUT2D eigenvalue weighted by Crippen LogP contribution is -2.09. The highest BCUT2D eigenvalue weighted by Gasteiger charge is 2.57. The third-order valence-corrected chi connectivity index (χ3v) is 3.60. The van der Waals surface area contributed by atoms with E-state index < -0.39 is 0 Å². The summed E-state index contributed by atoms with van der Waals surface area (Å²) in [6.45, 7) is 2.19. The first-order valence-electron chi connectivity index (χ1n) is 5.88. The van der Waals surface area contributed by atoms with Crippen LogP contribution in [0.3, 0.4) is 0 Å². The normalized spacial score (nSPS) is 30.4. The Labute approximate surface area is 100 Å². The molecule has 3 rings (SSSR count). The largest absolute Gasteiger partial charge is 0.381 e. The second-order valence-electron chi connectivity index (χ2n) is 4.79. The lowest BCUT2D eigenvalue weighted by molar-refractivity contribution is 0.0690. The molecule has 0 N–H and O–H groups in total. The number of aromatic nitrogens is 1. The van der Waals surface area contributed by atoms with Crippen molar-refractivity contribution in [2.75, 3.05) is 13.2 Å². The van der Waals surface area contributed by atoms with Crippen LogP contribution in [-0.2, 0) is 16.1 Å². The number of rotatable bonds is 3. The maximum atomic E-state index is 8.75. The summed E-state index contributed by atoms with van der Waals surface area (Å²) in [6.07, 6.45) is 2.53. The fraction of sp³-hybridized carbons (Fsp3) is 0.538. The van der Waals surface area contributed by atoms with Crippen molar-refractivity contribution < 1.29 is 9.47 Å². The summed E-state index contributed by atoms with van der Waals surface area (Å²) < 4.78 is 11.2. The van der Waals surface area contributed by atoms with Crippen LogP contribution in [0.1, 0.15) is 24.2 Å². The van der Waals surface area contributed by atoms with Crippen molar-refractivity contribution in [2.45, 2.75) is 25.6 Å². The van der Waals surface area contributed by atoms with E-state index >= 15 is 0 Å². The van der Waals surface area contributed by atoms with Gasteiger partial charge in [-0.15, -0.1) is 0 Å². The molecular weight excluding hydrogens is 216 g/mol. The first kappa shape index (κ1) is 10.7. The fourth-order valence-corrected chi connectivity index (χ4v) is 2.39. The van der Waals surface area contributed by atoms with Gasteiger partial charge < -0.3 is 9.47 Å². The third-order valence-electron chi connectivity index (χ3n) is 3.60. The van der Waals surface area contributed by atoms with Crippen LogP contribution in [0.4, 0.5) is 0 Å². The predicted molar refractivity (Wildman–Crippen MR) is 60.0 cm³/mol. The van der Waals surface area contributed by atoms with Gasteiger partial charge >= 0.3 is 0 Å². The summed E-state index contributed by atoms with van der Waals surface area (Å²) in [5.74, 6) is 0. The van der Waals surface area contributed by atoms with Gasteiger partial charge in [0.15, 0.2) is 0 Å². The predicted octanol–water partition coefficient (Wildman–Crippen LogP) is 1.65. The molecule has 1 saturated carbocycles. The maximum absolute atomic E-state index is 8.75. The molecule has 1 aromatic rings. The van der Waals surface area contributed by atoms with Gasteiger partial charge in [0.2, 0.25) is 0 Å². The van der Waals surface area contributed by atoms with Crippen LogP contribution < -0.4 is 0 Å². The zero-order chi connectivity index (χ0) is 11.7. The lowest BCUT2D eigenvalue weighted by Gasteiger charge is -2.07. The van der Waals surface area contributed by atoms with Crippen LogP contribution in [0.2, 0.25) is 0 Å². The Kier molecular flexibility index (Phi) is 2.58. The van der Waals surface area contributed by atoms with Crippen LogP contribution >= 0.6 is 0 Å². The molecule has 2 heterocycles. The molecule has 1 aliphatic heterocycles. The highest BCUT2D eigenvalue weighted by Crippen LogP contribution is 2.54. The first-order valence-corrected chi connectivity index (χ1v) is 5.88. The Morgan fingerprint density at radius 1 is 1.59 bits per heavy atom. The molecule has 88 valence electrons. The van der Waals surface area contributed by atoms with E-state index in [-0.39, 0.29) is 0 Å². The molecule has 1 saturated heterocycles. The number of ether oxygens (including phenoxy) is 2. The van der Waals surface area contributed by atoms with Gasteiger partial charge in [-0.05, 0) is 25.0 Å². The molecule has 4 heteroatoms. The Hall–Kier alpha value is -1.44. The second-order valence-corrected chi connectivity index (χ2v) is 4.79. The minimum atomic E-state index is 0.298. The fourth-order valence-electron chi connectivity index (χ4n) is 2.39. The quantitative estimate of drug-likeness (QED) is 0.792. The number of nitrogens with zero attached hydrogens (tertiary/aromatic N) is 2. The molecule has 17 heavy (non-hydrogen) atoms. The smallest absolute Gasteiger partial charge is 0.140 e. The van der Waals surface area contributed by atoms with Crippen molar-refractivity contribution in [1.82, 2.24) is 4.98 Å². The van der Waals surface area contributed by atoms with E-state index in [2.05, 4.69) is 4.98 Å². The highest BCUT2D eigenvalue weighted by atomic mass is 16.5. The average molecular weight is 230 g/mol. The van der Waals surface area contributed by atoms with Crippen molar-refractivity contribution in [2.24, 2.45) is 5.41 Å². The van der Waals surface area contributed by atoms with Crippen LogP contribution in [0.5, 0.6) is 0 Å². The molecule has 0 aromatic carbocycles. The third kappa shape index (κ3) is 2.04. The van der Waals surface area contributed by atoms with E-state index in [0.717, 1.165) is 31.7 Å². The number of nitriles is 1.